The van der Waals surface area contributed by atoms with Crippen LogP contribution in [-0.4, -0.2) is 28.6 Å². The van der Waals surface area contributed by atoms with Crippen LogP contribution in [0.25, 0.3) is 0 Å². The Bertz CT molecular complexity index is 671. The molecule has 1 fully saturated rings. The largest absolute Gasteiger partial charge is 0.480 e. The first kappa shape index (κ1) is 15.6. The van der Waals surface area contributed by atoms with E-state index >= 15 is 0 Å². The average molecular weight is 311 g/mol. The Labute approximate surface area is 136 Å². The molecule has 1 saturated heterocycles. The summed E-state index contributed by atoms with van der Waals surface area (Å²) in [6.07, 6.45) is 1.65. The van der Waals surface area contributed by atoms with Gasteiger partial charge in [0.15, 0.2) is 0 Å². The molecule has 3 rings (SSSR count). The molecule has 0 saturated carbocycles. The van der Waals surface area contributed by atoms with Crippen molar-refractivity contribution in [1.82, 2.24) is 4.90 Å². The van der Waals surface area contributed by atoms with Crippen molar-refractivity contribution in [2.24, 2.45) is 0 Å². The Hall–Kier alpha value is -2.33. The molecule has 4 heteroatoms. The van der Waals surface area contributed by atoms with Gasteiger partial charge in [0.05, 0.1) is 0 Å². The van der Waals surface area contributed by atoms with E-state index in [0.717, 1.165) is 36.4 Å². The van der Waals surface area contributed by atoms with Gasteiger partial charge in [0.1, 0.15) is 17.5 Å². The maximum Gasteiger partial charge on any atom is 0.320 e. The maximum absolute atomic E-state index is 11.4. The summed E-state index contributed by atoms with van der Waals surface area (Å²) in [5, 5.41) is 9.36. The van der Waals surface area contributed by atoms with Gasteiger partial charge in [0, 0.05) is 6.04 Å². The van der Waals surface area contributed by atoms with Crippen LogP contribution >= 0.6 is 0 Å². The van der Waals surface area contributed by atoms with E-state index in [4.69, 9.17) is 4.74 Å². The molecule has 0 bridgehead atoms. The number of nitrogens with zero attached hydrogens (tertiary/aromatic N) is 1. The third-order valence-electron chi connectivity index (χ3n) is 4.40. The minimum atomic E-state index is -0.731. The maximum atomic E-state index is 11.4. The fourth-order valence-corrected chi connectivity index (χ4v) is 3.17. The van der Waals surface area contributed by atoms with Crippen LogP contribution in [0.1, 0.15) is 31.4 Å². The van der Waals surface area contributed by atoms with Crippen molar-refractivity contribution in [2.45, 2.75) is 31.8 Å². The summed E-state index contributed by atoms with van der Waals surface area (Å²) >= 11 is 0. The molecule has 4 nitrogen and oxygen atoms in total. The summed E-state index contributed by atoms with van der Waals surface area (Å²) in [6.45, 7) is 2.88. The van der Waals surface area contributed by atoms with Crippen LogP contribution in [0.15, 0.2) is 54.6 Å². The number of hydrogen-bond donors (Lipinski definition) is 1. The van der Waals surface area contributed by atoms with Gasteiger partial charge < -0.3 is 9.84 Å². The van der Waals surface area contributed by atoms with Crippen LogP contribution in [0.5, 0.6) is 11.5 Å². The predicted octanol–water partition coefficient (Wildman–Crippen LogP) is 4.09. The van der Waals surface area contributed by atoms with Crippen LogP contribution < -0.4 is 4.74 Å². The third kappa shape index (κ3) is 3.54. The number of para-hydroxylation sites is 1. The molecule has 1 N–H and O–H groups in total. The minimum Gasteiger partial charge on any atom is -0.480 e. The number of carbonyl (C=O) groups is 1. The van der Waals surface area contributed by atoms with Crippen molar-refractivity contribution >= 4 is 5.97 Å². The van der Waals surface area contributed by atoms with Gasteiger partial charge in [0.25, 0.3) is 0 Å². The number of carboxylic acid groups (broad SMARTS) is 1. The summed E-state index contributed by atoms with van der Waals surface area (Å²) < 4.78 is 5.87. The molecule has 2 unspecified atom stereocenters. The number of rotatable bonds is 5. The number of aliphatic carboxylic acids is 1. The predicted molar refractivity (Wildman–Crippen MR) is 88.7 cm³/mol. The fourth-order valence-electron chi connectivity index (χ4n) is 3.17. The molecule has 0 aromatic heterocycles. The van der Waals surface area contributed by atoms with Gasteiger partial charge in [-0.25, -0.2) is 0 Å². The standard InChI is InChI=1S/C19H21NO3/c1-14(20-12-6-11-18(20)19(21)22)15-7-5-10-17(13-15)23-16-8-3-2-4-9-16/h2-5,7-10,13-14,18H,6,11-12H2,1H3,(H,21,22). The Balaban J connectivity index is 1.78. The zero-order valence-electron chi connectivity index (χ0n) is 13.2. The number of likely N-dealkylation sites (tertiary alicyclic amines) is 1. The second-order valence-electron chi connectivity index (χ2n) is 5.90. The zero-order valence-corrected chi connectivity index (χ0v) is 13.2. The number of ether oxygens (including phenoxy) is 1. The molecule has 120 valence electrons. The monoisotopic (exact) mass is 311 g/mol. The van der Waals surface area contributed by atoms with Crippen LogP contribution in [0.4, 0.5) is 0 Å². The first-order valence-corrected chi connectivity index (χ1v) is 7.96. The second kappa shape index (κ2) is 6.84. The highest BCUT2D eigenvalue weighted by Crippen LogP contribution is 2.31. The normalized spacial score (nSPS) is 19.4. The lowest BCUT2D eigenvalue weighted by molar-refractivity contribution is -0.142. The molecule has 0 radical (unpaired) electrons. The van der Waals surface area contributed by atoms with E-state index < -0.39 is 5.97 Å². The summed E-state index contributed by atoms with van der Waals surface area (Å²) in [4.78, 5) is 13.4. The van der Waals surface area contributed by atoms with E-state index in [2.05, 4.69) is 11.8 Å². The lowest BCUT2D eigenvalue weighted by atomic mass is 10.1. The van der Waals surface area contributed by atoms with Crippen LogP contribution in [0.2, 0.25) is 0 Å². The summed E-state index contributed by atoms with van der Waals surface area (Å²) in [5.74, 6) is 0.833. The van der Waals surface area contributed by atoms with Gasteiger partial charge in [0.2, 0.25) is 0 Å². The number of hydrogen-bond acceptors (Lipinski definition) is 3. The number of benzene rings is 2. The smallest absolute Gasteiger partial charge is 0.320 e. The Morgan fingerprint density at radius 1 is 1.17 bits per heavy atom. The fraction of sp³-hybridized carbons (Fsp3) is 0.316. The topological polar surface area (TPSA) is 49.8 Å². The molecule has 0 spiro atoms. The van der Waals surface area contributed by atoms with Gasteiger partial charge in [-0.3, -0.25) is 9.69 Å². The van der Waals surface area contributed by atoms with Crippen molar-refractivity contribution in [2.75, 3.05) is 6.54 Å². The first-order chi connectivity index (χ1) is 11.1. The van der Waals surface area contributed by atoms with Gasteiger partial charge in [-0.05, 0) is 56.1 Å². The second-order valence-corrected chi connectivity index (χ2v) is 5.90. The summed E-state index contributed by atoms with van der Waals surface area (Å²) in [6, 6.07) is 17.2. The molecule has 2 aromatic carbocycles. The van der Waals surface area contributed by atoms with E-state index in [1.807, 2.05) is 54.6 Å². The summed E-state index contributed by atoms with van der Waals surface area (Å²) in [7, 11) is 0. The van der Waals surface area contributed by atoms with Gasteiger partial charge in [-0.2, -0.15) is 0 Å². The quantitative estimate of drug-likeness (QED) is 0.903. The highest BCUT2D eigenvalue weighted by Gasteiger charge is 2.34. The Morgan fingerprint density at radius 2 is 1.91 bits per heavy atom. The average Bonchev–Trinajstić information content (AvgIpc) is 3.05. The molecule has 2 aromatic rings. The third-order valence-corrected chi connectivity index (χ3v) is 4.40. The van der Waals surface area contributed by atoms with Crippen molar-refractivity contribution in [3.05, 3.63) is 60.2 Å². The molecule has 1 aliphatic rings. The van der Waals surface area contributed by atoms with Crippen molar-refractivity contribution < 1.29 is 14.6 Å². The summed E-state index contributed by atoms with van der Waals surface area (Å²) in [5.41, 5.74) is 1.08. The van der Waals surface area contributed by atoms with Crippen LogP contribution in [0.3, 0.4) is 0 Å². The van der Waals surface area contributed by atoms with Crippen molar-refractivity contribution in [1.29, 1.82) is 0 Å². The molecule has 1 aliphatic heterocycles. The highest BCUT2D eigenvalue weighted by molar-refractivity contribution is 5.73. The van der Waals surface area contributed by atoms with Crippen molar-refractivity contribution in [3.63, 3.8) is 0 Å². The number of carboxylic acids is 1. The van der Waals surface area contributed by atoms with E-state index in [1.165, 1.54) is 0 Å². The van der Waals surface area contributed by atoms with Gasteiger partial charge in [-0.1, -0.05) is 30.3 Å². The molecule has 1 heterocycles. The minimum absolute atomic E-state index is 0.0536. The zero-order chi connectivity index (χ0) is 16.2. The first-order valence-electron chi connectivity index (χ1n) is 7.96. The SMILES string of the molecule is CC(c1cccc(Oc2ccccc2)c1)N1CCCC1C(=O)O. The van der Waals surface area contributed by atoms with Gasteiger partial charge in [-0.15, -0.1) is 0 Å². The van der Waals surface area contributed by atoms with Crippen LogP contribution in [0, 0.1) is 0 Å². The van der Waals surface area contributed by atoms with Crippen molar-refractivity contribution in [3.8, 4) is 11.5 Å². The molecule has 0 amide bonds. The Kier molecular flexibility index (Phi) is 4.63. The van der Waals surface area contributed by atoms with Gasteiger partial charge >= 0.3 is 5.97 Å². The van der Waals surface area contributed by atoms with E-state index in [0.29, 0.717) is 0 Å². The van der Waals surface area contributed by atoms with Crippen LogP contribution in [-0.2, 0) is 4.79 Å². The molecule has 0 aliphatic carbocycles. The molecule has 23 heavy (non-hydrogen) atoms. The highest BCUT2D eigenvalue weighted by atomic mass is 16.5. The molecule has 2 atom stereocenters. The molecular formula is C19H21NO3. The van der Waals surface area contributed by atoms with E-state index in [1.54, 1.807) is 0 Å². The lowest BCUT2D eigenvalue weighted by Gasteiger charge is -2.28. The van der Waals surface area contributed by atoms with E-state index in [-0.39, 0.29) is 12.1 Å². The Morgan fingerprint density at radius 3 is 2.65 bits per heavy atom. The molecular weight excluding hydrogens is 290 g/mol. The lowest BCUT2D eigenvalue weighted by Crippen LogP contribution is -2.37. The van der Waals surface area contributed by atoms with E-state index in [9.17, 15) is 9.90 Å².